The molecule has 1 amide bonds. The summed E-state index contributed by atoms with van der Waals surface area (Å²) in [5.41, 5.74) is 6.58. The quantitative estimate of drug-likeness (QED) is 0.724. The van der Waals surface area contributed by atoms with Crippen molar-refractivity contribution in [2.75, 3.05) is 5.32 Å². The highest BCUT2D eigenvalue weighted by molar-refractivity contribution is 5.88. The van der Waals surface area contributed by atoms with E-state index in [1.54, 1.807) is 32.9 Å². The Morgan fingerprint density at radius 2 is 1.91 bits per heavy atom. The molecule has 0 unspecified atom stereocenters. The number of rotatable bonds is 2. The molecule has 1 saturated carbocycles. The van der Waals surface area contributed by atoms with Gasteiger partial charge in [-0.15, -0.1) is 0 Å². The average molecular weight is 306 g/mol. The van der Waals surface area contributed by atoms with Crippen LogP contribution < -0.4 is 11.1 Å². The topological polar surface area (TPSA) is 84.6 Å². The maximum absolute atomic E-state index is 12.0. The standard InChI is InChI=1S/C17H26N2O3/c1-16(2,3)22-15(21)19-14-12(8-7-9-13(14)20)17(18)10-5-4-6-11-17/h7-9,20H,4-6,10-11,18H2,1-3H3,(H,19,21). The van der Waals surface area contributed by atoms with Crippen molar-refractivity contribution < 1.29 is 14.6 Å². The highest BCUT2D eigenvalue weighted by Crippen LogP contribution is 2.41. The van der Waals surface area contributed by atoms with E-state index in [0.29, 0.717) is 5.69 Å². The van der Waals surface area contributed by atoms with Crippen molar-refractivity contribution in [1.82, 2.24) is 0 Å². The van der Waals surface area contributed by atoms with Crippen molar-refractivity contribution in [3.8, 4) is 5.75 Å². The van der Waals surface area contributed by atoms with E-state index in [1.165, 1.54) is 6.42 Å². The maximum Gasteiger partial charge on any atom is 0.412 e. The Hall–Kier alpha value is -1.75. The number of amides is 1. The van der Waals surface area contributed by atoms with Crippen molar-refractivity contribution in [2.24, 2.45) is 5.73 Å². The molecule has 0 spiro atoms. The predicted octanol–water partition coefficient (Wildman–Crippen LogP) is 3.86. The van der Waals surface area contributed by atoms with Crippen LogP contribution in [0.4, 0.5) is 10.5 Å². The van der Waals surface area contributed by atoms with Gasteiger partial charge >= 0.3 is 6.09 Å². The van der Waals surface area contributed by atoms with Crippen molar-refractivity contribution in [1.29, 1.82) is 0 Å². The molecule has 1 aromatic carbocycles. The van der Waals surface area contributed by atoms with Crippen LogP contribution in [0.3, 0.4) is 0 Å². The fourth-order valence-electron chi connectivity index (χ4n) is 2.94. The van der Waals surface area contributed by atoms with E-state index in [1.807, 2.05) is 6.07 Å². The molecule has 0 radical (unpaired) electrons. The van der Waals surface area contributed by atoms with Gasteiger partial charge < -0.3 is 15.6 Å². The van der Waals surface area contributed by atoms with Crippen LogP contribution in [0, 0.1) is 0 Å². The Balaban J connectivity index is 2.29. The summed E-state index contributed by atoms with van der Waals surface area (Å²) >= 11 is 0. The van der Waals surface area contributed by atoms with E-state index in [9.17, 15) is 9.90 Å². The largest absolute Gasteiger partial charge is 0.506 e. The van der Waals surface area contributed by atoms with Crippen LogP contribution in [0.5, 0.6) is 5.75 Å². The molecule has 4 N–H and O–H groups in total. The number of benzene rings is 1. The molecule has 122 valence electrons. The fourth-order valence-corrected chi connectivity index (χ4v) is 2.94. The van der Waals surface area contributed by atoms with E-state index in [-0.39, 0.29) is 5.75 Å². The maximum atomic E-state index is 12.0. The average Bonchev–Trinajstić information content (AvgIpc) is 2.39. The number of aromatic hydroxyl groups is 1. The molecule has 5 heteroatoms. The monoisotopic (exact) mass is 306 g/mol. The molecule has 5 nitrogen and oxygen atoms in total. The molecule has 0 aliphatic heterocycles. The molecular weight excluding hydrogens is 280 g/mol. The van der Waals surface area contributed by atoms with Crippen molar-refractivity contribution in [2.45, 2.75) is 64.0 Å². The van der Waals surface area contributed by atoms with Gasteiger partial charge in [0.25, 0.3) is 0 Å². The van der Waals surface area contributed by atoms with Crippen LogP contribution in [0.15, 0.2) is 18.2 Å². The number of hydrogen-bond donors (Lipinski definition) is 3. The van der Waals surface area contributed by atoms with Crippen LogP contribution in [-0.4, -0.2) is 16.8 Å². The number of carbonyl (C=O) groups is 1. The highest BCUT2D eigenvalue weighted by atomic mass is 16.6. The van der Waals surface area contributed by atoms with Crippen LogP contribution >= 0.6 is 0 Å². The summed E-state index contributed by atoms with van der Waals surface area (Å²) in [5.74, 6) is 0.0127. The van der Waals surface area contributed by atoms with Gasteiger partial charge in [-0.2, -0.15) is 0 Å². The lowest BCUT2D eigenvalue weighted by Gasteiger charge is -2.35. The van der Waals surface area contributed by atoms with E-state index < -0.39 is 17.2 Å². The number of hydrogen-bond acceptors (Lipinski definition) is 4. The molecule has 0 aromatic heterocycles. The first kappa shape index (κ1) is 16.6. The summed E-state index contributed by atoms with van der Waals surface area (Å²) in [5, 5.41) is 12.8. The summed E-state index contributed by atoms with van der Waals surface area (Å²) in [6.45, 7) is 5.39. The molecule has 1 aliphatic carbocycles. The molecule has 2 rings (SSSR count). The number of anilines is 1. The minimum atomic E-state index is -0.597. The number of ether oxygens (including phenoxy) is 1. The Kier molecular flexibility index (Phi) is 4.66. The second-order valence-corrected chi connectivity index (χ2v) is 7.04. The van der Waals surface area contributed by atoms with Gasteiger partial charge in [0.15, 0.2) is 0 Å². The third-order valence-electron chi connectivity index (χ3n) is 3.95. The molecule has 0 bridgehead atoms. The molecule has 1 aliphatic rings. The summed E-state index contributed by atoms with van der Waals surface area (Å²) in [6.07, 6.45) is 4.39. The predicted molar refractivity (Wildman–Crippen MR) is 86.9 cm³/mol. The van der Waals surface area contributed by atoms with Crippen LogP contribution in [0.2, 0.25) is 0 Å². The van der Waals surface area contributed by atoms with Crippen LogP contribution in [0.1, 0.15) is 58.4 Å². The Bertz CT molecular complexity index is 543. The lowest BCUT2D eigenvalue weighted by molar-refractivity contribution is 0.0635. The number of para-hydroxylation sites is 1. The lowest BCUT2D eigenvalue weighted by Crippen LogP contribution is -2.39. The summed E-state index contributed by atoms with van der Waals surface area (Å²) in [7, 11) is 0. The normalized spacial score (nSPS) is 17.8. The second-order valence-electron chi connectivity index (χ2n) is 7.04. The third kappa shape index (κ3) is 3.91. The SMILES string of the molecule is CC(C)(C)OC(=O)Nc1c(O)cccc1C1(N)CCCCC1. The van der Waals surface area contributed by atoms with E-state index >= 15 is 0 Å². The summed E-state index contributed by atoms with van der Waals surface area (Å²) in [6, 6.07) is 5.17. The van der Waals surface area contributed by atoms with Gasteiger partial charge in [-0.3, -0.25) is 5.32 Å². The molecule has 0 saturated heterocycles. The minimum absolute atomic E-state index is 0.0127. The zero-order valence-electron chi connectivity index (χ0n) is 13.6. The molecule has 1 aromatic rings. The fraction of sp³-hybridized carbons (Fsp3) is 0.588. The lowest BCUT2D eigenvalue weighted by atomic mass is 9.76. The smallest absolute Gasteiger partial charge is 0.412 e. The van der Waals surface area contributed by atoms with E-state index in [4.69, 9.17) is 10.5 Å². The van der Waals surface area contributed by atoms with E-state index in [2.05, 4.69) is 5.32 Å². The van der Waals surface area contributed by atoms with Crippen molar-refractivity contribution in [3.63, 3.8) is 0 Å². The van der Waals surface area contributed by atoms with E-state index in [0.717, 1.165) is 31.2 Å². The number of carbonyl (C=O) groups excluding carboxylic acids is 1. The Morgan fingerprint density at radius 1 is 1.27 bits per heavy atom. The molecular formula is C17H26N2O3. The minimum Gasteiger partial charge on any atom is -0.506 e. The van der Waals surface area contributed by atoms with Gasteiger partial charge in [0, 0.05) is 5.54 Å². The molecule has 1 fully saturated rings. The zero-order chi connectivity index (χ0) is 16.4. The summed E-state index contributed by atoms with van der Waals surface area (Å²) in [4.78, 5) is 12.0. The van der Waals surface area contributed by atoms with Gasteiger partial charge in [-0.1, -0.05) is 31.4 Å². The van der Waals surface area contributed by atoms with Crippen molar-refractivity contribution in [3.05, 3.63) is 23.8 Å². The number of phenolic OH excluding ortho intramolecular Hbond substituents is 1. The molecule has 0 atom stereocenters. The van der Waals surface area contributed by atoms with Gasteiger partial charge in [-0.25, -0.2) is 4.79 Å². The van der Waals surface area contributed by atoms with Gasteiger partial charge in [-0.05, 0) is 45.2 Å². The third-order valence-corrected chi connectivity index (χ3v) is 3.95. The van der Waals surface area contributed by atoms with Crippen LogP contribution in [0.25, 0.3) is 0 Å². The number of phenols is 1. The highest BCUT2D eigenvalue weighted by Gasteiger charge is 2.33. The Labute approximate surface area is 131 Å². The van der Waals surface area contributed by atoms with Gasteiger partial charge in [0.1, 0.15) is 11.4 Å². The second kappa shape index (κ2) is 6.16. The number of nitrogens with one attached hydrogen (secondary N) is 1. The van der Waals surface area contributed by atoms with Crippen LogP contribution in [-0.2, 0) is 10.3 Å². The van der Waals surface area contributed by atoms with Gasteiger partial charge in [0.05, 0.1) is 5.69 Å². The first-order chi connectivity index (χ1) is 10.2. The first-order valence-corrected chi connectivity index (χ1v) is 7.83. The van der Waals surface area contributed by atoms with Gasteiger partial charge in [0.2, 0.25) is 0 Å². The van der Waals surface area contributed by atoms with Crippen molar-refractivity contribution >= 4 is 11.8 Å². The summed E-state index contributed by atoms with van der Waals surface area (Å²) < 4.78 is 5.27. The molecule has 22 heavy (non-hydrogen) atoms. The zero-order valence-corrected chi connectivity index (χ0v) is 13.6. The Morgan fingerprint density at radius 3 is 2.50 bits per heavy atom. The number of nitrogens with two attached hydrogens (primary N) is 1. The molecule has 0 heterocycles. The first-order valence-electron chi connectivity index (χ1n) is 7.83.